The summed E-state index contributed by atoms with van der Waals surface area (Å²) < 4.78 is 11.6. The Hall–Kier alpha value is -1.10. The Morgan fingerprint density at radius 2 is 2.10 bits per heavy atom. The Morgan fingerprint density at radius 3 is 2.67 bits per heavy atom. The molecule has 1 atom stereocenters. The molecule has 0 bridgehead atoms. The van der Waals surface area contributed by atoms with Crippen molar-refractivity contribution in [2.45, 2.75) is 51.2 Å². The zero-order valence-corrected chi connectivity index (χ0v) is 13.4. The average molecular weight is 292 g/mol. The van der Waals surface area contributed by atoms with Crippen LogP contribution in [0, 0.1) is 5.92 Å². The Labute approximate surface area is 128 Å². The molecule has 1 aromatic rings. The van der Waals surface area contributed by atoms with Gasteiger partial charge in [-0.1, -0.05) is 19.1 Å². The maximum absolute atomic E-state index is 6.22. The number of methoxy groups -OCH3 is 1. The van der Waals surface area contributed by atoms with Crippen LogP contribution in [0.1, 0.15) is 51.1 Å². The van der Waals surface area contributed by atoms with Gasteiger partial charge in [0, 0.05) is 6.61 Å². The molecule has 2 rings (SSSR count). The van der Waals surface area contributed by atoms with Crippen molar-refractivity contribution in [1.82, 2.24) is 5.43 Å². The first-order chi connectivity index (χ1) is 10.1. The molecule has 0 saturated heterocycles. The monoisotopic (exact) mass is 292 g/mol. The molecule has 118 valence electrons. The van der Waals surface area contributed by atoms with Gasteiger partial charge in [-0.2, -0.15) is 0 Å². The van der Waals surface area contributed by atoms with Gasteiger partial charge in [-0.05, 0) is 56.2 Å². The second kappa shape index (κ2) is 7.25. The maximum Gasteiger partial charge on any atom is 0.119 e. The van der Waals surface area contributed by atoms with Crippen molar-refractivity contribution in [3.8, 4) is 5.75 Å². The van der Waals surface area contributed by atoms with Gasteiger partial charge in [0.15, 0.2) is 0 Å². The minimum absolute atomic E-state index is 0.0138. The number of hydrazine groups is 1. The lowest BCUT2D eigenvalue weighted by atomic mass is 9.73. The molecule has 0 aliphatic heterocycles. The fraction of sp³-hybridized carbons (Fsp3) is 0.647. The Bertz CT molecular complexity index is 442. The van der Waals surface area contributed by atoms with Crippen LogP contribution in [0.4, 0.5) is 0 Å². The molecule has 1 aliphatic rings. The number of ether oxygens (including phenoxy) is 2. The molecule has 0 heterocycles. The maximum atomic E-state index is 6.22. The smallest absolute Gasteiger partial charge is 0.119 e. The highest BCUT2D eigenvalue weighted by Crippen LogP contribution is 2.43. The lowest BCUT2D eigenvalue weighted by Crippen LogP contribution is -2.50. The molecule has 3 N–H and O–H groups in total. The van der Waals surface area contributed by atoms with Gasteiger partial charge in [-0.25, -0.2) is 0 Å². The summed E-state index contributed by atoms with van der Waals surface area (Å²) in [4.78, 5) is 0. The zero-order valence-electron chi connectivity index (χ0n) is 13.4. The van der Waals surface area contributed by atoms with E-state index < -0.39 is 0 Å². The minimum Gasteiger partial charge on any atom is -0.497 e. The van der Waals surface area contributed by atoms with Gasteiger partial charge in [-0.3, -0.25) is 11.3 Å². The lowest BCUT2D eigenvalue weighted by Gasteiger charge is -2.44. The average Bonchev–Trinajstić information content (AvgIpc) is 2.51. The first kappa shape index (κ1) is 16.3. The predicted octanol–water partition coefficient (Wildman–Crippen LogP) is 3.19. The third-order valence-corrected chi connectivity index (χ3v) is 4.67. The van der Waals surface area contributed by atoms with E-state index in [4.69, 9.17) is 15.3 Å². The number of hydrogen-bond acceptors (Lipinski definition) is 4. The van der Waals surface area contributed by atoms with E-state index in [0.717, 1.165) is 30.1 Å². The molecule has 1 saturated carbocycles. The highest BCUT2D eigenvalue weighted by Gasteiger charge is 2.42. The van der Waals surface area contributed by atoms with Crippen LogP contribution in [0.2, 0.25) is 0 Å². The quantitative estimate of drug-likeness (QED) is 0.624. The summed E-state index contributed by atoms with van der Waals surface area (Å²) in [6, 6.07) is 8.08. The molecule has 1 unspecified atom stereocenters. The van der Waals surface area contributed by atoms with Crippen molar-refractivity contribution in [1.29, 1.82) is 0 Å². The van der Waals surface area contributed by atoms with Crippen molar-refractivity contribution in [2.75, 3.05) is 13.7 Å². The molecule has 0 aromatic heterocycles. The molecule has 4 nitrogen and oxygen atoms in total. The summed E-state index contributed by atoms with van der Waals surface area (Å²) in [6.07, 6.45) is 4.44. The Morgan fingerprint density at radius 1 is 1.38 bits per heavy atom. The number of hydrogen-bond donors (Lipinski definition) is 2. The Balaban J connectivity index is 2.30. The number of rotatable bonds is 6. The van der Waals surface area contributed by atoms with Crippen LogP contribution in [-0.4, -0.2) is 19.3 Å². The van der Waals surface area contributed by atoms with Gasteiger partial charge in [-0.15, -0.1) is 0 Å². The standard InChI is InChI=1S/C17H28N2O2/c1-4-21-17(10-8-13(2)9-11-17)16(19-18)14-6-5-7-15(12-14)20-3/h5-7,12-13,16,19H,4,8-11,18H2,1-3H3. The molecule has 0 amide bonds. The van der Waals surface area contributed by atoms with Crippen LogP contribution in [-0.2, 0) is 4.74 Å². The third-order valence-electron chi connectivity index (χ3n) is 4.67. The van der Waals surface area contributed by atoms with Gasteiger partial charge >= 0.3 is 0 Å². The predicted molar refractivity (Wildman–Crippen MR) is 85.0 cm³/mol. The van der Waals surface area contributed by atoms with Crippen molar-refractivity contribution in [3.05, 3.63) is 29.8 Å². The molecular weight excluding hydrogens is 264 g/mol. The summed E-state index contributed by atoms with van der Waals surface area (Å²) in [6.45, 7) is 5.07. The highest BCUT2D eigenvalue weighted by molar-refractivity contribution is 5.32. The molecule has 1 aromatic carbocycles. The summed E-state index contributed by atoms with van der Waals surface area (Å²) in [7, 11) is 1.69. The fourth-order valence-electron chi connectivity index (χ4n) is 3.43. The van der Waals surface area contributed by atoms with Gasteiger partial charge in [0.25, 0.3) is 0 Å². The van der Waals surface area contributed by atoms with E-state index in [1.54, 1.807) is 7.11 Å². The van der Waals surface area contributed by atoms with E-state index in [0.29, 0.717) is 6.61 Å². The first-order valence-corrected chi connectivity index (χ1v) is 7.89. The molecular formula is C17H28N2O2. The van der Waals surface area contributed by atoms with Gasteiger partial charge in [0.2, 0.25) is 0 Å². The lowest BCUT2D eigenvalue weighted by molar-refractivity contribution is -0.0977. The molecule has 1 aliphatic carbocycles. The topological polar surface area (TPSA) is 56.5 Å². The molecule has 0 spiro atoms. The summed E-state index contributed by atoms with van der Waals surface area (Å²) in [5.41, 5.74) is 3.90. The largest absolute Gasteiger partial charge is 0.497 e. The van der Waals surface area contributed by atoms with Crippen molar-refractivity contribution < 1.29 is 9.47 Å². The van der Waals surface area contributed by atoms with Crippen LogP contribution < -0.4 is 16.0 Å². The van der Waals surface area contributed by atoms with Crippen LogP contribution in [0.5, 0.6) is 5.75 Å². The van der Waals surface area contributed by atoms with Crippen LogP contribution in [0.3, 0.4) is 0 Å². The van der Waals surface area contributed by atoms with Crippen LogP contribution in [0.25, 0.3) is 0 Å². The van der Waals surface area contributed by atoms with Gasteiger partial charge in [0.05, 0.1) is 18.8 Å². The normalized spacial score (nSPS) is 27.3. The first-order valence-electron chi connectivity index (χ1n) is 7.89. The number of benzene rings is 1. The highest BCUT2D eigenvalue weighted by atomic mass is 16.5. The van der Waals surface area contributed by atoms with Crippen molar-refractivity contribution in [3.63, 3.8) is 0 Å². The van der Waals surface area contributed by atoms with Crippen LogP contribution in [0.15, 0.2) is 24.3 Å². The minimum atomic E-state index is -0.220. The molecule has 0 radical (unpaired) electrons. The molecule has 21 heavy (non-hydrogen) atoms. The summed E-state index contributed by atoms with van der Waals surface area (Å²) in [5.74, 6) is 7.52. The second-order valence-electron chi connectivity index (χ2n) is 6.06. The molecule has 1 fully saturated rings. The van der Waals surface area contributed by atoms with Crippen molar-refractivity contribution >= 4 is 0 Å². The van der Waals surface area contributed by atoms with E-state index >= 15 is 0 Å². The van der Waals surface area contributed by atoms with E-state index in [-0.39, 0.29) is 11.6 Å². The Kier molecular flexibility index (Phi) is 5.62. The van der Waals surface area contributed by atoms with E-state index in [1.807, 2.05) is 18.2 Å². The van der Waals surface area contributed by atoms with E-state index in [2.05, 4.69) is 25.3 Å². The summed E-state index contributed by atoms with van der Waals surface area (Å²) in [5, 5.41) is 0. The third kappa shape index (κ3) is 3.57. The second-order valence-corrected chi connectivity index (χ2v) is 6.06. The van der Waals surface area contributed by atoms with E-state index in [1.165, 1.54) is 12.8 Å². The fourth-order valence-corrected chi connectivity index (χ4v) is 3.43. The van der Waals surface area contributed by atoms with Crippen molar-refractivity contribution in [2.24, 2.45) is 11.8 Å². The summed E-state index contributed by atoms with van der Waals surface area (Å²) >= 11 is 0. The number of nitrogens with two attached hydrogens (primary N) is 1. The molecule has 4 heteroatoms. The number of nitrogens with one attached hydrogen (secondary N) is 1. The van der Waals surface area contributed by atoms with Gasteiger partial charge in [0.1, 0.15) is 5.75 Å². The van der Waals surface area contributed by atoms with Gasteiger partial charge < -0.3 is 9.47 Å². The van der Waals surface area contributed by atoms with Crippen LogP contribution >= 0.6 is 0 Å². The SMILES string of the molecule is CCOC1(C(NN)c2cccc(OC)c2)CCC(C)CC1. The zero-order chi connectivity index (χ0) is 15.3. The van der Waals surface area contributed by atoms with E-state index in [9.17, 15) is 0 Å².